The monoisotopic (exact) mass is 182 g/mol. The molecule has 3 heteroatoms. The fourth-order valence-electron chi connectivity index (χ4n) is 0.621. The molecule has 0 unspecified atom stereocenters. The predicted molar refractivity (Wildman–Crippen MR) is 50.2 cm³/mol. The smallest absolute Gasteiger partial charge is 0.313 e. The van der Waals surface area contributed by atoms with Crippen molar-refractivity contribution < 1.29 is 14.3 Å². The number of carbonyl (C=O) groups excluding carboxylic acids is 2. The van der Waals surface area contributed by atoms with Crippen LogP contribution < -0.4 is 0 Å². The fraction of sp³-hybridized carbons (Fsp3) is 0.400. The van der Waals surface area contributed by atoms with E-state index in [-0.39, 0.29) is 12.2 Å². The van der Waals surface area contributed by atoms with Crippen LogP contribution in [0.4, 0.5) is 0 Å². The van der Waals surface area contributed by atoms with Crippen LogP contribution in [0.3, 0.4) is 0 Å². The van der Waals surface area contributed by atoms with Crippen molar-refractivity contribution in [3.8, 4) is 0 Å². The summed E-state index contributed by atoms with van der Waals surface area (Å²) in [6.07, 6.45) is 4.60. The molecule has 0 N–H and O–H groups in total. The molecule has 0 bridgehead atoms. The van der Waals surface area contributed by atoms with Crippen molar-refractivity contribution in [2.24, 2.45) is 0 Å². The molecule has 0 rings (SSSR count). The van der Waals surface area contributed by atoms with Crippen LogP contribution in [0.25, 0.3) is 0 Å². The first-order valence-corrected chi connectivity index (χ1v) is 3.97. The average Bonchev–Trinajstić information content (AvgIpc) is 2.03. The first kappa shape index (κ1) is 11.6. The lowest BCUT2D eigenvalue weighted by Gasteiger charge is -1.92. The number of hydrogen-bond acceptors (Lipinski definition) is 3. The molecule has 13 heavy (non-hydrogen) atoms. The molecule has 72 valence electrons. The molecule has 0 spiro atoms. The summed E-state index contributed by atoms with van der Waals surface area (Å²) in [4.78, 5) is 21.6. The number of esters is 1. The van der Waals surface area contributed by atoms with Crippen molar-refractivity contribution in [3.05, 3.63) is 23.8 Å². The molecule has 0 aromatic carbocycles. The summed E-state index contributed by atoms with van der Waals surface area (Å²) >= 11 is 0. The zero-order valence-corrected chi connectivity index (χ0v) is 8.16. The van der Waals surface area contributed by atoms with Crippen molar-refractivity contribution in [1.82, 2.24) is 0 Å². The number of rotatable bonds is 4. The Kier molecular flexibility index (Phi) is 5.52. The lowest BCUT2D eigenvalue weighted by Crippen LogP contribution is -2.06. The summed E-state index contributed by atoms with van der Waals surface area (Å²) in [5.74, 6) is -0.754. The van der Waals surface area contributed by atoms with Gasteiger partial charge >= 0.3 is 5.97 Å². The van der Waals surface area contributed by atoms with E-state index in [4.69, 9.17) is 0 Å². The number of carbonyl (C=O) groups is 2. The topological polar surface area (TPSA) is 43.4 Å². The van der Waals surface area contributed by atoms with Crippen LogP contribution in [0.2, 0.25) is 0 Å². The first-order valence-electron chi connectivity index (χ1n) is 3.97. The van der Waals surface area contributed by atoms with Crippen LogP contribution >= 0.6 is 0 Å². The summed E-state index contributed by atoms with van der Waals surface area (Å²) < 4.78 is 4.34. The van der Waals surface area contributed by atoms with E-state index in [1.54, 1.807) is 12.2 Å². The Bertz CT molecular complexity index is 245. The van der Waals surface area contributed by atoms with Crippen molar-refractivity contribution in [2.45, 2.75) is 20.3 Å². The normalized spacial score (nSPS) is 9.77. The first-order chi connectivity index (χ1) is 6.06. The molecule has 0 aromatic rings. The second-order valence-corrected chi connectivity index (χ2v) is 2.82. The maximum absolute atomic E-state index is 11.0. The highest BCUT2D eigenvalue weighted by atomic mass is 16.5. The second-order valence-electron chi connectivity index (χ2n) is 2.82. The lowest BCUT2D eigenvalue weighted by molar-refractivity contribution is -0.142. The van der Waals surface area contributed by atoms with Crippen molar-refractivity contribution in [2.75, 3.05) is 7.11 Å². The summed E-state index contributed by atoms with van der Waals surface area (Å²) in [6, 6.07) is 0. The summed E-state index contributed by atoms with van der Waals surface area (Å²) in [7, 11) is 1.26. The molecule has 0 aliphatic carbocycles. The third-order valence-corrected chi connectivity index (χ3v) is 1.26. The zero-order chi connectivity index (χ0) is 10.3. The molecule has 0 amide bonds. The molecule has 3 nitrogen and oxygen atoms in total. The third kappa shape index (κ3) is 7.00. The van der Waals surface area contributed by atoms with Gasteiger partial charge in [-0.25, -0.2) is 0 Å². The Morgan fingerprint density at radius 2 is 1.92 bits per heavy atom. The Balaban J connectivity index is 3.95. The van der Waals surface area contributed by atoms with Crippen LogP contribution in [0.1, 0.15) is 20.3 Å². The fourth-order valence-corrected chi connectivity index (χ4v) is 0.621. The number of methoxy groups -OCH3 is 1. The molecule has 0 saturated carbocycles. The Labute approximate surface area is 78.1 Å². The van der Waals surface area contributed by atoms with Gasteiger partial charge in [-0.1, -0.05) is 17.7 Å². The molecule has 0 saturated heterocycles. The van der Waals surface area contributed by atoms with Gasteiger partial charge in [-0.15, -0.1) is 0 Å². The predicted octanol–water partition coefficient (Wildman–Crippen LogP) is 1.64. The highest BCUT2D eigenvalue weighted by molar-refractivity contribution is 6.01. The SMILES string of the molecule is COC(=O)CC(=O)C=CC=C(C)C. The molecule has 0 atom stereocenters. The van der Waals surface area contributed by atoms with Gasteiger partial charge in [0.1, 0.15) is 6.42 Å². The summed E-state index contributed by atoms with van der Waals surface area (Å²) in [5.41, 5.74) is 1.10. The largest absolute Gasteiger partial charge is 0.469 e. The summed E-state index contributed by atoms with van der Waals surface area (Å²) in [5, 5.41) is 0. The minimum absolute atomic E-state index is 0.191. The van der Waals surface area contributed by atoms with E-state index in [1.165, 1.54) is 13.2 Å². The molecule has 0 aliphatic heterocycles. The van der Waals surface area contributed by atoms with Gasteiger partial charge in [-0.3, -0.25) is 9.59 Å². The van der Waals surface area contributed by atoms with Gasteiger partial charge in [-0.05, 0) is 19.9 Å². The van der Waals surface area contributed by atoms with Crippen molar-refractivity contribution in [3.63, 3.8) is 0 Å². The number of allylic oxidation sites excluding steroid dienone is 4. The standard InChI is InChI=1S/C10H14O3/c1-8(2)5-4-6-9(11)7-10(12)13-3/h4-6H,7H2,1-3H3. The van der Waals surface area contributed by atoms with E-state index in [0.29, 0.717) is 0 Å². The molecule has 0 aromatic heterocycles. The molecular formula is C10H14O3. The van der Waals surface area contributed by atoms with Gasteiger partial charge in [0.2, 0.25) is 0 Å². The molecule has 0 fully saturated rings. The van der Waals surface area contributed by atoms with Gasteiger partial charge in [0, 0.05) is 0 Å². The van der Waals surface area contributed by atoms with Crippen LogP contribution in [-0.2, 0) is 14.3 Å². The average molecular weight is 182 g/mol. The summed E-state index contributed by atoms with van der Waals surface area (Å²) in [6.45, 7) is 3.85. The van der Waals surface area contributed by atoms with E-state index in [0.717, 1.165) is 5.57 Å². The Morgan fingerprint density at radius 1 is 1.31 bits per heavy atom. The van der Waals surface area contributed by atoms with Gasteiger partial charge in [0.05, 0.1) is 7.11 Å². The van der Waals surface area contributed by atoms with Crippen LogP contribution in [0.5, 0.6) is 0 Å². The molecule has 0 radical (unpaired) electrons. The van der Waals surface area contributed by atoms with Crippen LogP contribution in [0, 0.1) is 0 Å². The minimum atomic E-state index is -0.508. The highest BCUT2D eigenvalue weighted by Crippen LogP contribution is 1.92. The van der Waals surface area contributed by atoms with Gasteiger partial charge in [-0.2, -0.15) is 0 Å². The number of ether oxygens (including phenoxy) is 1. The molecular weight excluding hydrogens is 168 g/mol. The van der Waals surface area contributed by atoms with E-state index in [1.807, 2.05) is 13.8 Å². The van der Waals surface area contributed by atoms with Crippen LogP contribution in [0.15, 0.2) is 23.8 Å². The van der Waals surface area contributed by atoms with E-state index >= 15 is 0 Å². The maximum atomic E-state index is 11.0. The highest BCUT2D eigenvalue weighted by Gasteiger charge is 2.04. The second kappa shape index (κ2) is 6.17. The van der Waals surface area contributed by atoms with Gasteiger partial charge in [0.15, 0.2) is 5.78 Å². The quantitative estimate of drug-likeness (QED) is 0.287. The van der Waals surface area contributed by atoms with Gasteiger partial charge < -0.3 is 4.74 Å². The maximum Gasteiger partial charge on any atom is 0.313 e. The molecule has 0 heterocycles. The third-order valence-electron chi connectivity index (χ3n) is 1.26. The number of ketones is 1. The van der Waals surface area contributed by atoms with Gasteiger partial charge in [0.25, 0.3) is 0 Å². The minimum Gasteiger partial charge on any atom is -0.469 e. The van der Waals surface area contributed by atoms with Crippen molar-refractivity contribution >= 4 is 11.8 Å². The van der Waals surface area contributed by atoms with E-state index in [2.05, 4.69) is 4.74 Å². The lowest BCUT2D eigenvalue weighted by atomic mass is 10.2. The van der Waals surface area contributed by atoms with Crippen molar-refractivity contribution in [1.29, 1.82) is 0 Å². The van der Waals surface area contributed by atoms with E-state index in [9.17, 15) is 9.59 Å². The Morgan fingerprint density at radius 3 is 2.38 bits per heavy atom. The molecule has 0 aliphatic rings. The zero-order valence-electron chi connectivity index (χ0n) is 8.16. The van der Waals surface area contributed by atoms with Crippen LogP contribution in [-0.4, -0.2) is 18.9 Å². The Hall–Kier alpha value is -1.38. The number of hydrogen-bond donors (Lipinski definition) is 0. The van der Waals surface area contributed by atoms with E-state index < -0.39 is 5.97 Å².